The largest absolute Gasteiger partial charge is 0.411 e. The van der Waals surface area contributed by atoms with Gasteiger partial charge in [0.25, 0.3) is 0 Å². The Bertz CT molecular complexity index is 1100. The van der Waals surface area contributed by atoms with E-state index in [1.807, 2.05) is 29.8 Å². The highest BCUT2D eigenvalue weighted by molar-refractivity contribution is 6.14. The number of cyclic esters (lactones) is 2. The molecular weight excluding hydrogens is 362 g/mol. The molecule has 0 saturated carbocycles. The van der Waals surface area contributed by atoms with Gasteiger partial charge in [0, 0.05) is 47.7 Å². The summed E-state index contributed by atoms with van der Waals surface area (Å²) in [6, 6.07) is 7.37. The number of hydrogen-bond donors (Lipinski definition) is 1. The van der Waals surface area contributed by atoms with E-state index in [1.165, 1.54) is 12.5 Å². The number of ether oxygens (including phenoxy) is 2. The van der Waals surface area contributed by atoms with Crippen molar-refractivity contribution in [1.82, 2.24) is 14.5 Å². The molecule has 3 aromatic rings. The van der Waals surface area contributed by atoms with E-state index in [4.69, 9.17) is 9.47 Å². The molecule has 28 heavy (non-hydrogen) atoms. The number of nitrogens with one attached hydrogen (secondary N) is 1. The molecule has 3 heterocycles. The SMILES string of the molecule is Cc1c(C(=O)C2(Cc3cnc[nH]3)OC(=O)C=CC(=O)O2)c2ccccc2n1C. The van der Waals surface area contributed by atoms with Gasteiger partial charge in [-0.25, -0.2) is 14.6 Å². The second-order valence-electron chi connectivity index (χ2n) is 6.55. The van der Waals surface area contributed by atoms with Crippen LogP contribution in [0.2, 0.25) is 0 Å². The number of fused-ring (bicyclic) bond motifs is 1. The summed E-state index contributed by atoms with van der Waals surface area (Å²) in [6.07, 6.45) is 4.61. The molecule has 0 radical (unpaired) electrons. The number of Topliss-reactive ketones (excluding diaryl/α,β-unsaturated/α-hetero) is 1. The fourth-order valence-corrected chi connectivity index (χ4v) is 3.43. The van der Waals surface area contributed by atoms with Crippen LogP contribution in [0.25, 0.3) is 10.9 Å². The summed E-state index contributed by atoms with van der Waals surface area (Å²) in [5, 5.41) is 0.681. The van der Waals surface area contributed by atoms with Gasteiger partial charge in [0.1, 0.15) is 0 Å². The first kappa shape index (κ1) is 17.7. The van der Waals surface area contributed by atoms with E-state index in [0.717, 1.165) is 17.7 Å². The average molecular weight is 379 g/mol. The van der Waals surface area contributed by atoms with Crippen LogP contribution in [0.5, 0.6) is 0 Å². The Morgan fingerprint density at radius 1 is 1.18 bits per heavy atom. The average Bonchev–Trinajstić information content (AvgIpc) is 3.22. The molecule has 0 unspecified atom stereocenters. The topological polar surface area (TPSA) is 103 Å². The summed E-state index contributed by atoms with van der Waals surface area (Å²) in [5.41, 5.74) is 2.32. The van der Waals surface area contributed by atoms with Crippen LogP contribution in [0.1, 0.15) is 21.7 Å². The van der Waals surface area contributed by atoms with Gasteiger partial charge in [-0.2, -0.15) is 0 Å². The molecule has 1 aliphatic rings. The maximum atomic E-state index is 13.7. The molecule has 0 fully saturated rings. The molecule has 8 nitrogen and oxygen atoms in total. The van der Waals surface area contributed by atoms with Crippen molar-refractivity contribution in [2.24, 2.45) is 7.05 Å². The number of hydrogen-bond acceptors (Lipinski definition) is 6. The predicted octanol–water partition coefficient (Wildman–Crippen LogP) is 1.99. The van der Waals surface area contributed by atoms with Crippen LogP contribution in [0.15, 0.2) is 48.9 Å². The number of nitrogens with zero attached hydrogens (tertiary/aromatic N) is 2. The minimum absolute atomic E-state index is 0.187. The molecule has 8 heteroatoms. The maximum Gasteiger partial charge on any atom is 0.334 e. The Hall–Kier alpha value is -3.68. The van der Waals surface area contributed by atoms with Crippen molar-refractivity contribution in [2.75, 3.05) is 0 Å². The molecule has 0 bridgehead atoms. The van der Waals surface area contributed by atoms with Gasteiger partial charge in [-0.05, 0) is 13.0 Å². The number of para-hydroxylation sites is 1. The quantitative estimate of drug-likeness (QED) is 0.549. The van der Waals surface area contributed by atoms with Gasteiger partial charge in [0.2, 0.25) is 5.78 Å². The van der Waals surface area contributed by atoms with E-state index in [-0.39, 0.29) is 6.42 Å². The Labute approximate surface area is 159 Å². The number of aryl methyl sites for hydroxylation is 1. The lowest BCUT2D eigenvalue weighted by Gasteiger charge is -2.29. The van der Waals surface area contributed by atoms with E-state index >= 15 is 0 Å². The Balaban J connectivity index is 1.90. The van der Waals surface area contributed by atoms with Crippen molar-refractivity contribution < 1.29 is 23.9 Å². The summed E-state index contributed by atoms with van der Waals surface area (Å²) in [7, 11) is 1.84. The van der Waals surface area contributed by atoms with Gasteiger partial charge < -0.3 is 19.0 Å². The van der Waals surface area contributed by atoms with Crippen LogP contribution < -0.4 is 0 Å². The first-order valence-corrected chi connectivity index (χ1v) is 8.61. The van der Waals surface area contributed by atoms with Crippen molar-refractivity contribution in [2.45, 2.75) is 19.1 Å². The molecule has 1 aliphatic heterocycles. The first-order valence-electron chi connectivity index (χ1n) is 8.61. The van der Waals surface area contributed by atoms with Crippen LogP contribution in [0, 0.1) is 6.92 Å². The molecule has 0 atom stereocenters. The highest BCUT2D eigenvalue weighted by atomic mass is 16.7. The molecule has 0 amide bonds. The number of esters is 2. The molecule has 4 rings (SSSR count). The number of H-pyrrole nitrogens is 1. The number of ketones is 1. The monoisotopic (exact) mass is 379 g/mol. The number of aromatic amines is 1. The zero-order chi connectivity index (χ0) is 19.9. The molecule has 2 aromatic heterocycles. The minimum Gasteiger partial charge on any atom is -0.411 e. The molecular formula is C20H17N3O5. The lowest BCUT2D eigenvalue weighted by molar-refractivity contribution is -0.201. The smallest absolute Gasteiger partial charge is 0.334 e. The minimum atomic E-state index is -2.14. The van der Waals surface area contributed by atoms with Crippen molar-refractivity contribution in [1.29, 1.82) is 0 Å². The van der Waals surface area contributed by atoms with Gasteiger partial charge in [0.15, 0.2) is 0 Å². The highest BCUT2D eigenvalue weighted by Gasteiger charge is 2.49. The number of benzene rings is 1. The molecule has 1 N–H and O–H groups in total. The van der Waals surface area contributed by atoms with E-state index in [0.29, 0.717) is 22.3 Å². The van der Waals surface area contributed by atoms with Crippen LogP contribution in [-0.2, 0) is 32.5 Å². The number of carbonyl (C=O) groups is 3. The van der Waals surface area contributed by atoms with Crippen LogP contribution in [0.3, 0.4) is 0 Å². The van der Waals surface area contributed by atoms with Crippen molar-refractivity contribution >= 4 is 28.6 Å². The number of carbonyl (C=O) groups excluding carboxylic acids is 3. The second kappa shape index (κ2) is 6.49. The molecule has 0 aliphatic carbocycles. The Kier molecular flexibility index (Phi) is 4.11. The van der Waals surface area contributed by atoms with Gasteiger partial charge >= 0.3 is 17.7 Å². The van der Waals surface area contributed by atoms with E-state index in [9.17, 15) is 14.4 Å². The molecule has 142 valence electrons. The maximum absolute atomic E-state index is 13.7. The molecule has 0 spiro atoms. The second-order valence-corrected chi connectivity index (χ2v) is 6.55. The van der Waals surface area contributed by atoms with E-state index in [1.54, 1.807) is 13.0 Å². The fourth-order valence-electron chi connectivity index (χ4n) is 3.43. The molecule has 0 saturated heterocycles. The van der Waals surface area contributed by atoms with Gasteiger partial charge in [-0.3, -0.25) is 4.79 Å². The van der Waals surface area contributed by atoms with E-state index in [2.05, 4.69) is 9.97 Å². The highest BCUT2D eigenvalue weighted by Crippen LogP contribution is 2.33. The summed E-state index contributed by atoms with van der Waals surface area (Å²) < 4.78 is 12.7. The normalized spacial score (nSPS) is 15.9. The van der Waals surface area contributed by atoms with Crippen molar-refractivity contribution in [3.05, 3.63) is 65.9 Å². The lowest BCUT2D eigenvalue weighted by Crippen LogP contribution is -2.48. The number of aromatic nitrogens is 3. The van der Waals surface area contributed by atoms with Crippen molar-refractivity contribution in [3.63, 3.8) is 0 Å². The van der Waals surface area contributed by atoms with Gasteiger partial charge in [-0.1, -0.05) is 18.2 Å². The van der Waals surface area contributed by atoms with Crippen molar-refractivity contribution in [3.8, 4) is 0 Å². The Morgan fingerprint density at radius 2 is 1.86 bits per heavy atom. The third-order valence-electron chi connectivity index (χ3n) is 4.84. The van der Waals surface area contributed by atoms with Crippen LogP contribution in [-0.4, -0.2) is 38.0 Å². The lowest BCUT2D eigenvalue weighted by atomic mass is 9.96. The van der Waals surface area contributed by atoms with Gasteiger partial charge in [-0.15, -0.1) is 0 Å². The third kappa shape index (κ3) is 2.79. The number of imidazole rings is 1. The predicted molar refractivity (Wildman–Crippen MR) is 98.3 cm³/mol. The summed E-state index contributed by atoms with van der Waals surface area (Å²) in [6.45, 7) is 1.79. The third-order valence-corrected chi connectivity index (χ3v) is 4.84. The zero-order valence-corrected chi connectivity index (χ0v) is 15.3. The Morgan fingerprint density at radius 3 is 2.50 bits per heavy atom. The standard InChI is InChI=1S/C20H17N3O5/c1-12-18(14-5-3-4-6-15(14)23(12)2)19(26)20(9-13-10-21-11-22-13)27-16(24)7-8-17(25)28-20/h3-8,10-11H,9H2,1-2H3,(H,21,22). The number of rotatable bonds is 4. The van der Waals surface area contributed by atoms with Crippen LogP contribution in [0.4, 0.5) is 0 Å². The summed E-state index contributed by atoms with van der Waals surface area (Å²) in [4.78, 5) is 44.8. The summed E-state index contributed by atoms with van der Waals surface area (Å²) in [5.74, 6) is -4.42. The van der Waals surface area contributed by atoms with Crippen LogP contribution >= 0.6 is 0 Å². The van der Waals surface area contributed by atoms with E-state index < -0.39 is 23.5 Å². The molecule has 1 aromatic carbocycles. The first-order chi connectivity index (χ1) is 13.4. The fraction of sp³-hybridized carbons (Fsp3) is 0.200. The summed E-state index contributed by atoms with van der Waals surface area (Å²) >= 11 is 0. The van der Waals surface area contributed by atoms with Gasteiger partial charge in [0.05, 0.1) is 18.3 Å². The zero-order valence-electron chi connectivity index (χ0n) is 15.3.